The Morgan fingerprint density at radius 3 is 2.78 bits per heavy atom. The van der Waals surface area contributed by atoms with Crippen molar-refractivity contribution in [2.75, 3.05) is 45.7 Å². The summed E-state index contributed by atoms with van der Waals surface area (Å²) < 4.78 is 15.9. The van der Waals surface area contributed by atoms with Crippen molar-refractivity contribution in [3.05, 3.63) is 18.2 Å². The lowest BCUT2D eigenvalue weighted by atomic mass is 10.2. The largest absolute Gasteiger partial charge is 0.497 e. The number of hydrogen-bond acceptors (Lipinski definition) is 7. The van der Waals surface area contributed by atoms with Crippen molar-refractivity contribution in [2.45, 2.75) is 12.8 Å². The molecule has 1 aliphatic rings. The van der Waals surface area contributed by atoms with Crippen molar-refractivity contribution < 1.29 is 14.0 Å². The van der Waals surface area contributed by atoms with Crippen LogP contribution in [0.3, 0.4) is 0 Å². The summed E-state index contributed by atoms with van der Waals surface area (Å²) in [5, 5.41) is 7.20. The van der Waals surface area contributed by atoms with Gasteiger partial charge in [0.2, 0.25) is 5.82 Å². The first kappa shape index (κ1) is 15.6. The van der Waals surface area contributed by atoms with Crippen molar-refractivity contribution in [1.29, 1.82) is 0 Å². The number of benzene rings is 1. The van der Waals surface area contributed by atoms with Gasteiger partial charge in [0.15, 0.2) is 0 Å². The van der Waals surface area contributed by atoms with Gasteiger partial charge in [-0.15, -0.1) is 0 Å². The number of aromatic nitrogens is 2. The minimum atomic E-state index is 0.420. The Kier molecular flexibility index (Phi) is 4.97. The van der Waals surface area contributed by atoms with Crippen LogP contribution in [0.25, 0.3) is 11.4 Å². The third-order valence-electron chi connectivity index (χ3n) is 3.98. The van der Waals surface area contributed by atoms with Crippen molar-refractivity contribution in [2.24, 2.45) is 0 Å². The van der Waals surface area contributed by atoms with Gasteiger partial charge in [0.05, 0.1) is 19.8 Å². The Hall–Kier alpha value is -2.28. The lowest BCUT2D eigenvalue weighted by Crippen LogP contribution is -2.25. The molecule has 1 aromatic carbocycles. The van der Waals surface area contributed by atoms with Crippen molar-refractivity contribution in [3.8, 4) is 22.9 Å². The lowest BCUT2D eigenvalue weighted by molar-refractivity contribution is 0.349. The molecule has 0 saturated carbocycles. The molecular weight excluding hydrogens is 296 g/mol. The standard InChI is InChI=1S/C16H22N4O3/c1-21-12-5-6-14(22-2)13(11-12)15-18-16(23-19-15)17-7-10-20-8-3-4-9-20/h5-6,11H,3-4,7-10H2,1-2H3,(H,17,18,19). The number of hydrogen-bond donors (Lipinski definition) is 1. The van der Waals surface area contributed by atoms with Crippen molar-refractivity contribution in [3.63, 3.8) is 0 Å². The average molecular weight is 318 g/mol. The Morgan fingerprint density at radius 1 is 1.22 bits per heavy atom. The van der Waals surface area contributed by atoms with Crippen LogP contribution in [0.2, 0.25) is 0 Å². The van der Waals surface area contributed by atoms with Crippen molar-refractivity contribution in [1.82, 2.24) is 15.0 Å². The fraction of sp³-hybridized carbons (Fsp3) is 0.500. The van der Waals surface area contributed by atoms with E-state index in [1.165, 1.54) is 25.9 Å². The highest BCUT2D eigenvalue weighted by atomic mass is 16.5. The smallest absolute Gasteiger partial charge is 0.321 e. The monoisotopic (exact) mass is 318 g/mol. The van der Waals surface area contributed by atoms with E-state index in [9.17, 15) is 0 Å². The molecule has 1 aromatic heterocycles. The summed E-state index contributed by atoms with van der Waals surface area (Å²) in [4.78, 5) is 6.81. The Morgan fingerprint density at radius 2 is 2.04 bits per heavy atom. The van der Waals surface area contributed by atoms with E-state index < -0.39 is 0 Å². The van der Waals surface area contributed by atoms with Crippen LogP contribution in [0.15, 0.2) is 22.7 Å². The minimum Gasteiger partial charge on any atom is -0.497 e. The van der Waals surface area contributed by atoms with E-state index in [2.05, 4.69) is 20.4 Å². The second-order valence-corrected chi connectivity index (χ2v) is 5.46. The summed E-state index contributed by atoms with van der Waals surface area (Å²) >= 11 is 0. The van der Waals surface area contributed by atoms with Crippen molar-refractivity contribution >= 4 is 6.01 Å². The summed E-state index contributed by atoms with van der Waals surface area (Å²) in [6.45, 7) is 4.13. The van der Waals surface area contributed by atoms with Crippen LogP contribution < -0.4 is 14.8 Å². The predicted octanol–water partition coefficient (Wildman–Crippen LogP) is 2.26. The first-order valence-electron chi connectivity index (χ1n) is 7.82. The highest BCUT2D eigenvalue weighted by molar-refractivity contribution is 5.66. The number of nitrogens with one attached hydrogen (secondary N) is 1. The van der Waals surface area contributed by atoms with Crippen LogP contribution in [0.4, 0.5) is 6.01 Å². The van der Waals surface area contributed by atoms with E-state index in [1.807, 2.05) is 18.2 Å². The Labute approximate surface area is 135 Å². The van der Waals surface area contributed by atoms with Gasteiger partial charge in [-0.3, -0.25) is 0 Å². The van der Waals surface area contributed by atoms with E-state index in [1.54, 1.807) is 14.2 Å². The predicted molar refractivity (Wildman–Crippen MR) is 87.0 cm³/mol. The molecule has 0 spiro atoms. The van der Waals surface area contributed by atoms with Gasteiger partial charge in [-0.1, -0.05) is 5.16 Å². The van der Waals surface area contributed by atoms with Gasteiger partial charge in [-0.25, -0.2) is 0 Å². The van der Waals surface area contributed by atoms with Gasteiger partial charge in [-0.2, -0.15) is 4.98 Å². The van der Waals surface area contributed by atoms with E-state index in [4.69, 9.17) is 14.0 Å². The lowest BCUT2D eigenvalue weighted by Gasteiger charge is -2.13. The molecule has 0 radical (unpaired) electrons. The van der Waals surface area contributed by atoms with Gasteiger partial charge in [-0.05, 0) is 44.1 Å². The third kappa shape index (κ3) is 3.73. The third-order valence-corrected chi connectivity index (χ3v) is 3.98. The number of ether oxygens (including phenoxy) is 2. The van der Waals surface area contributed by atoms with Gasteiger partial charge >= 0.3 is 6.01 Å². The van der Waals surface area contributed by atoms with Crippen LogP contribution >= 0.6 is 0 Å². The van der Waals surface area contributed by atoms with E-state index >= 15 is 0 Å². The molecule has 7 heteroatoms. The van der Waals surface area contributed by atoms with Gasteiger partial charge < -0.3 is 24.2 Å². The van der Waals surface area contributed by atoms with E-state index in [-0.39, 0.29) is 0 Å². The first-order chi connectivity index (χ1) is 11.3. The van der Waals surface area contributed by atoms with E-state index in [0.717, 1.165) is 18.7 Å². The molecule has 7 nitrogen and oxygen atoms in total. The molecule has 0 atom stereocenters. The van der Waals surface area contributed by atoms with E-state index in [0.29, 0.717) is 23.3 Å². The quantitative estimate of drug-likeness (QED) is 0.839. The maximum Gasteiger partial charge on any atom is 0.321 e. The SMILES string of the molecule is COc1ccc(OC)c(-c2noc(NCCN3CCCC3)n2)c1. The summed E-state index contributed by atoms with van der Waals surface area (Å²) in [6, 6.07) is 5.91. The molecule has 1 fully saturated rings. The summed E-state index contributed by atoms with van der Waals surface area (Å²) in [5.41, 5.74) is 0.739. The number of rotatable bonds is 7. The fourth-order valence-corrected chi connectivity index (χ4v) is 2.72. The number of nitrogens with zero attached hydrogens (tertiary/aromatic N) is 3. The molecule has 1 aliphatic heterocycles. The molecule has 0 amide bonds. The minimum absolute atomic E-state index is 0.420. The Bertz CT molecular complexity index is 638. The molecule has 0 aliphatic carbocycles. The zero-order chi connectivity index (χ0) is 16.1. The normalized spacial score (nSPS) is 14.9. The van der Waals surface area contributed by atoms with Crippen LogP contribution in [0.5, 0.6) is 11.5 Å². The van der Waals surface area contributed by atoms with Gasteiger partial charge in [0, 0.05) is 13.1 Å². The van der Waals surface area contributed by atoms with Gasteiger partial charge in [0.25, 0.3) is 0 Å². The molecule has 0 unspecified atom stereocenters. The zero-order valence-electron chi connectivity index (χ0n) is 13.5. The number of methoxy groups -OCH3 is 2. The number of anilines is 1. The molecule has 1 N–H and O–H groups in total. The van der Waals surface area contributed by atoms with Gasteiger partial charge in [0.1, 0.15) is 11.5 Å². The van der Waals surface area contributed by atoms with Crippen LogP contribution in [-0.2, 0) is 0 Å². The zero-order valence-corrected chi connectivity index (χ0v) is 13.5. The van der Waals surface area contributed by atoms with Crippen LogP contribution in [0.1, 0.15) is 12.8 Å². The second kappa shape index (κ2) is 7.32. The number of likely N-dealkylation sites (tertiary alicyclic amines) is 1. The molecule has 1 saturated heterocycles. The molecule has 23 heavy (non-hydrogen) atoms. The fourth-order valence-electron chi connectivity index (χ4n) is 2.72. The van der Waals surface area contributed by atoms with Crippen LogP contribution in [-0.4, -0.2) is 55.4 Å². The molecular formula is C16H22N4O3. The topological polar surface area (TPSA) is 72.7 Å². The maximum absolute atomic E-state index is 5.35. The second-order valence-electron chi connectivity index (χ2n) is 5.46. The molecule has 2 aromatic rings. The maximum atomic E-state index is 5.35. The summed E-state index contributed by atoms with van der Waals surface area (Å²) in [6.07, 6.45) is 2.58. The first-order valence-corrected chi connectivity index (χ1v) is 7.82. The highest BCUT2D eigenvalue weighted by Crippen LogP contribution is 2.32. The average Bonchev–Trinajstić information content (AvgIpc) is 3.26. The summed E-state index contributed by atoms with van der Waals surface area (Å²) in [7, 11) is 3.23. The highest BCUT2D eigenvalue weighted by Gasteiger charge is 2.15. The molecule has 0 bridgehead atoms. The summed E-state index contributed by atoms with van der Waals surface area (Å²) in [5.74, 6) is 1.87. The molecule has 124 valence electrons. The van der Waals surface area contributed by atoms with Crippen LogP contribution in [0, 0.1) is 0 Å². The molecule has 2 heterocycles. The molecule has 3 rings (SSSR count). The Balaban J connectivity index is 1.66.